The van der Waals surface area contributed by atoms with Crippen LogP contribution in [0.2, 0.25) is 0 Å². The molecule has 0 radical (unpaired) electrons. The molecule has 0 aromatic carbocycles. The first-order valence-corrected chi connectivity index (χ1v) is 22.2. The third-order valence-electron chi connectivity index (χ3n) is 9.02. The van der Waals surface area contributed by atoms with Gasteiger partial charge in [0.15, 0.2) is 31.3 Å². The van der Waals surface area contributed by atoms with Crippen LogP contribution in [0, 0.1) is 0 Å². The van der Waals surface area contributed by atoms with E-state index in [-0.39, 0.29) is 0 Å². The highest BCUT2D eigenvalue weighted by atomic mass is 32.3. The average Bonchev–Trinajstić information content (AvgIpc) is 3.13. The summed E-state index contributed by atoms with van der Waals surface area (Å²) in [7, 11) is -22.0. The van der Waals surface area contributed by atoms with E-state index in [0.717, 1.165) is 0 Å². The van der Waals surface area contributed by atoms with E-state index in [9.17, 15) is 98.4 Å². The van der Waals surface area contributed by atoms with Gasteiger partial charge in [0.05, 0.1) is 26.4 Å². The summed E-state index contributed by atoms with van der Waals surface area (Å²) < 4.78 is 184. The van der Waals surface area contributed by atoms with Crippen molar-refractivity contribution >= 4 is 41.6 Å². The molecule has 4 aliphatic rings. The van der Waals surface area contributed by atoms with Crippen LogP contribution in [0.3, 0.4) is 0 Å². The van der Waals surface area contributed by atoms with Gasteiger partial charge < -0.3 is 84.2 Å². The minimum Gasteiger partial charge on any atom is -0.394 e. The molecular formula is C24H42O33S4. The number of hydrogen-bond acceptors (Lipinski definition) is 29. The largest absolute Gasteiger partial charge is 0.397 e. The lowest BCUT2D eigenvalue weighted by atomic mass is 9.95. The summed E-state index contributed by atoms with van der Waals surface area (Å²) in [5, 5.41) is 105. The van der Waals surface area contributed by atoms with Crippen LogP contribution in [-0.4, -0.2) is 252 Å². The molecule has 0 saturated carbocycles. The minimum absolute atomic E-state index is 1.20. The molecule has 0 aromatic heterocycles. The van der Waals surface area contributed by atoms with Gasteiger partial charge >= 0.3 is 41.6 Å². The van der Waals surface area contributed by atoms with E-state index in [1.54, 1.807) is 0 Å². The maximum atomic E-state index is 11.9. The first-order valence-electron chi connectivity index (χ1n) is 16.7. The molecule has 0 spiro atoms. The van der Waals surface area contributed by atoms with Gasteiger partial charge in [-0.05, 0) is 0 Å². The van der Waals surface area contributed by atoms with E-state index < -0.39 is 191 Å². The van der Waals surface area contributed by atoms with Crippen LogP contribution in [-0.2, 0) is 91.5 Å². The maximum absolute atomic E-state index is 11.9. The second-order valence-electron chi connectivity index (χ2n) is 13.2. The van der Waals surface area contributed by atoms with Gasteiger partial charge in [0.25, 0.3) is 0 Å². The molecule has 20 atom stereocenters. The van der Waals surface area contributed by atoms with Gasteiger partial charge in [-0.2, -0.15) is 33.7 Å². The van der Waals surface area contributed by atoms with Gasteiger partial charge in [-0.15, -0.1) is 0 Å². The van der Waals surface area contributed by atoms with Crippen molar-refractivity contribution in [3.63, 3.8) is 0 Å². The van der Waals surface area contributed by atoms with E-state index in [4.69, 9.17) is 37.7 Å². The Hall–Kier alpha value is -1.20. The van der Waals surface area contributed by atoms with Crippen molar-refractivity contribution in [3.8, 4) is 0 Å². The van der Waals surface area contributed by atoms with Crippen molar-refractivity contribution in [2.75, 3.05) is 26.4 Å². The summed E-state index contributed by atoms with van der Waals surface area (Å²) >= 11 is 0. The topological polar surface area (TPSA) is 521 Å². The van der Waals surface area contributed by atoms with Gasteiger partial charge in [0.2, 0.25) is 0 Å². The van der Waals surface area contributed by atoms with Crippen molar-refractivity contribution in [2.24, 2.45) is 0 Å². The SMILES string of the molecule is O=S(=O)(O)OC[C@@H]1O[C@H](OC2[C@@H](CO)O[C@H](OC3[C@@H](CO)O[C@H](O)[C@H](O)[C@H]3OS(=O)(=O)O)[C@H](OS(=O)(=O)O)[C@H]2O)[C@H](O)[C@H](O)C1O[C@H]1O[C@H](CO)[C@@H](OS(=O)(=O)O)[C@H](O)[C@H]1O. The predicted octanol–water partition coefficient (Wildman–Crippen LogP) is -10.4. The van der Waals surface area contributed by atoms with Crippen LogP contribution in [0.5, 0.6) is 0 Å². The Balaban J connectivity index is 1.63. The first kappa shape index (κ1) is 52.4. The Morgan fingerprint density at radius 2 is 0.754 bits per heavy atom. The van der Waals surface area contributed by atoms with Gasteiger partial charge in [-0.3, -0.25) is 18.2 Å². The molecule has 37 heteroatoms. The lowest BCUT2D eigenvalue weighted by Gasteiger charge is -2.49. The molecule has 360 valence electrons. The average molecular weight is 987 g/mol. The molecule has 0 aromatic rings. The van der Waals surface area contributed by atoms with Crippen molar-refractivity contribution in [1.29, 1.82) is 0 Å². The van der Waals surface area contributed by atoms with E-state index in [2.05, 4.69) is 16.7 Å². The molecule has 0 amide bonds. The molecule has 4 saturated heterocycles. The Labute approximate surface area is 343 Å². The molecule has 4 fully saturated rings. The second kappa shape index (κ2) is 20.5. The Kier molecular flexibility index (Phi) is 17.7. The smallest absolute Gasteiger partial charge is 0.394 e. The van der Waals surface area contributed by atoms with Crippen molar-refractivity contribution in [1.82, 2.24) is 0 Å². The highest BCUT2D eigenvalue weighted by Gasteiger charge is 2.57. The third kappa shape index (κ3) is 13.7. The molecule has 14 N–H and O–H groups in total. The number of aliphatic hydroxyl groups excluding tert-OH is 10. The summed E-state index contributed by atoms with van der Waals surface area (Å²) in [6.07, 6.45) is -46.5. The minimum atomic E-state index is -5.72. The van der Waals surface area contributed by atoms with Crippen molar-refractivity contribution in [2.45, 2.75) is 123 Å². The molecule has 0 bridgehead atoms. The fraction of sp³-hybridized carbons (Fsp3) is 1.00. The molecule has 4 rings (SSSR count). The normalized spacial score (nSPS) is 43.2. The summed E-state index contributed by atoms with van der Waals surface area (Å²) in [5.41, 5.74) is 0. The van der Waals surface area contributed by atoms with Crippen LogP contribution in [0.4, 0.5) is 0 Å². The summed E-state index contributed by atoms with van der Waals surface area (Å²) in [5.74, 6) is 0. The summed E-state index contributed by atoms with van der Waals surface area (Å²) in [6, 6.07) is 0. The molecule has 4 heterocycles. The van der Waals surface area contributed by atoms with E-state index in [1.165, 1.54) is 0 Å². The van der Waals surface area contributed by atoms with E-state index in [1.807, 2.05) is 0 Å². The van der Waals surface area contributed by atoms with Crippen molar-refractivity contribution < 1.29 is 153 Å². The lowest BCUT2D eigenvalue weighted by molar-refractivity contribution is -0.384. The summed E-state index contributed by atoms with van der Waals surface area (Å²) in [6.45, 7) is -5.13. The van der Waals surface area contributed by atoms with Crippen LogP contribution >= 0.6 is 0 Å². The number of ether oxygens (including phenoxy) is 7. The zero-order chi connectivity index (χ0) is 46.2. The Morgan fingerprint density at radius 3 is 1.23 bits per heavy atom. The highest BCUT2D eigenvalue weighted by molar-refractivity contribution is 7.81. The molecule has 61 heavy (non-hydrogen) atoms. The number of aliphatic hydroxyl groups is 10. The zero-order valence-corrected chi connectivity index (χ0v) is 33.3. The first-order chi connectivity index (χ1) is 28.0. The van der Waals surface area contributed by atoms with Gasteiger partial charge in [-0.1, -0.05) is 0 Å². The van der Waals surface area contributed by atoms with Crippen LogP contribution < -0.4 is 0 Å². The number of rotatable bonds is 18. The lowest BCUT2D eigenvalue weighted by Crippen LogP contribution is -2.68. The molecule has 33 nitrogen and oxygen atoms in total. The van der Waals surface area contributed by atoms with Gasteiger partial charge in [0.1, 0.15) is 91.6 Å². The van der Waals surface area contributed by atoms with Crippen LogP contribution in [0.25, 0.3) is 0 Å². The van der Waals surface area contributed by atoms with E-state index in [0.29, 0.717) is 0 Å². The predicted molar refractivity (Wildman–Crippen MR) is 176 cm³/mol. The summed E-state index contributed by atoms with van der Waals surface area (Å²) in [4.78, 5) is 0. The van der Waals surface area contributed by atoms with Crippen LogP contribution in [0.1, 0.15) is 0 Å². The number of hydrogen-bond donors (Lipinski definition) is 14. The Bertz CT molecular complexity index is 1880. The standard InChI is InChI=1S/C24H42O33S4/c25-1-5-15(13(32)20(57-61(44,45)46)24(50-5)54-18-7(3-27)48-21(34)14(33)19(18)56-60(41,42)43)52-23-11(30)9(28)16(8(51-23)4-47-58(35,36)37)53-22-12(31)10(29)17(6(2-26)49-22)55-59(38,39)40/h5-34H,1-4H2,(H,35,36,37)(H,38,39,40)(H,41,42,43)(H,44,45,46)/t5-,6-,7-,8+,9+,10-,11-,12-,13+,14-,15?,16?,17-,18?,19-,20-,21+,22-,23-,24-/m1/s1. The molecule has 0 aliphatic carbocycles. The fourth-order valence-electron chi connectivity index (χ4n) is 6.39. The molecule has 3 unspecified atom stereocenters. The third-order valence-corrected chi connectivity index (χ3v) is 10.9. The monoisotopic (exact) mass is 986 g/mol. The van der Waals surface area contributed by atoms with E-state index >= 15 is 0 Å². The van der Waals surface area contributed by atoms with Gasteiger partial charge in [-0.25, -0.2) is 16.7 Å². The highest BCUT2D eigenvalue weighted by Crippen LogP contribution is 2.36. The Morgan fingerprint density at radius 1 is 0.377 bits per heavy atom. The quantitative estimate of drug-likeness (QED) is 0.0567. The van der Waals surface area contributed by atoms with Gasteiger partial charge in [0, 0.05) is 0 Å². The zero-order valence-electron chi connectivity index (χ0n) is 30.0. The van der Waals surface area contributed by atoms with Crippen LogP contribution in [0.15, 0.2) is 0 Å². The molecule has 4 aliphatic heterocycles. The van der Waals surface area contributed by atoms with Crippen molar-refractivity contribution in [3.05, 3.63) is 0 Å². The second-order valence-corrected chi connectivity index (χ2v) is 17.4. The maximum Gasteiger partial charge on any atom is 0.397 e. The fourth-order valence-corrected chi connectivity index (χ4v) is 8.21. The molecular weight excluding hydrogens is 944 g/mol.